The number of thiocarbonyl (C=S) groups is 1. The molecule has 1 N–H and O–H groups in total. The number of benzene rings is 2. The molecule has 0 atom stereocenters. The molecule has 2 amide bonds. The van der Waals surface area contributed by atoms with Crippen molar-refractivity contribution in [1.29, 1.82) is 0 Å². The van der Waals surface area contributed by atoms with Gasteiger partial charge in [-0.05, 0) is 49.5 Å². The number of carbonyl (C=O) groups is 2. The molecule has 152 valence electrons. The molecule has 0 unspecified atom stereocenters. The molecule has 1 saturated heterocycles. The number of halogens is 1. The van der Waals surface area contributed by atoms with E-state index >= 15 is 0 Å². The summed E-state index contributed by atoms with van der Waals surface area (Å²) in [6.45, 7) is 1.93. The van der Waals surface area contributed by atoms with Gasteiger partial charge in [0, 0.05) is 10.0 Å². The molecule has 0 saturated carbocycles. The molecule has 30 heavy (non-hydrogen) atoms. The van der Waals surface area contributed by atoms with Gasteiger partial charge in [-0.15, -0.1) is 6.42 Å². The molecular formula is C22H17BrN2O4S. The molecule has 1 heterocycles. The molecule has 3 rings (SSSR count). The highest BCUT2D eigenvalue weighted by Crippen LogP contribution is 2.36. The molecule has 0 radical (unpaired) electrons. The average Bonchev–Trinajstić information content (AvgIpc) is 2.71. The molecule has 1 aliphatic rings. The van der Waals surface area contributed by atoms with E-state index in [9.17, 15) is 9.59 Å². The maximum Gasteiger partial charge on any atom is 0.270 e. The monoisotopic (exact) mass is 484 g/mol. The van der Waals surface area contributed by atoms with Crippen LogP contribution in [0.25, 0.3) is 6.08 Å². The van der Waals surface area contributed by atoms with E-state index in [1.807, 2.05) is 19.1 Å². The number of aryl methyl sites for hydroxylation is 1. The van der Waals surface area contributed by atoms with Crippen molar-refractivity contribution in [3.63, 3.8) is 0 Å². The van der Waals surface area contributed by atoms with Crippen molar-refractivity contribution >= 4 is 56.8 Å². The minimum absolute atomic E-state index is 0.00607. The highest BCUT2D eigenvalue weighted by atomic mass is 79.9. The first-order chi connectivity index (χ1) is 14.3. The number of nitrogens with zero attached hydrogens (tertiary/aromatic N) is 1. The van der Waals surface area contributed by atoms with E-state index in [1.54, 1.807) is 24.3 Å². The van der Waals surface area contributed by atoms with Gasteiger partial charge < -0.3 is 9.47 Å². The van der Waals surface area contributed by atoms with Gasteiger partial charge >= 0.3 is 0 Å². The highest BCUT2D eigenvalue weighted by Gasteiger charge is 2.34. The number of anilines is 1. The van der Waals surface area contributed by atoms with Gasteiger partial charge in [-0.2, -0.15) is 0 Å². The topological polar surface area (TPSA) is 67.9 Å². The molecule has 8 heteroatoms. The second-order valence-electron chi connectivity index (χ2n) is 6.31. The number of terminal acetylenes is 1. The fourth-order valence-corrected chi connectivity index (χ4v) is 3.59. The zero-order chi connectivity index (χ0) is 21.8. The largest absolute Gasteiger partial charge is 0.493 e. The minimum atomic E-state index is -0.602. The summed E-state index contributed by atoms with van der Waals surface area (Å²) in [7, 11) is 1.48. The maximum absolute atomic E-state index is 13.2. The van der Waals surface area contributed by atoms with E-state index in [0.29, 0.717) is 27.2 Å². The fourth-order valence-electron chi connectivity index (χ4n) is 2.86. The third kappa shape index (κ3) is 4.37. The molecule has 2 aromatic carbocycles. The van der Waals surface area contributed by atoms with Crippen LogP contribution in [0.4, 0.5) is 5.69 Å². The first-order valence-corrected chi connectivity index (χ1v) is 9.97. The van der Waals surface area contributed by atoms with Gasteiger partial charge in [-0.25, -0.2) is 0 Å². The maximum atomic E-state index is 13.2. The molecular weight excluding hydrogens is 468 g/mol. The van der Waals surface area contributed by atoms with Gasteiger partial charge in [0.2, 0.25) is 0 Å². The molecule has 1 aliphatic heterocycles. The summed E-state index contributed by atoms with van der Waals surface area (Å²) < 4.78 is 11.6. The summed E-state index contributed by atoms with van der Waals surface area (Å²) >= 11 is 8.62. The molecule has 0 aromatic heterocycles. The molecule has 6 nitrogen and oxygen atoms in total. The van der Waals surface area contributed by atoms with Crippen molar-refractivity contribution in [3.05, 3.63) is 57.6 Å². The Hall–Kier alpha value is -3.15. The van der Waals surface area contributed by atoms with Crippen molar-refractivity contribution in [1.82, 2.24) is 5.32 Å². The van der Waals surface area contributed by atoms with Crippen LogP contribution < -0.4 is 19.7 Å². The summed E-state index contributed by atoms with van der Waals surface area (Å²) in [5.41, 5.74) is 1.93. The minimum Gasteiger partial charge on any atom is -0.493 e. The van der Waals surface area contributed by atoms with Crippen LogP contribution in [0, 0.1) is 19.3 Å². The lowest BCUT2D eigenvalue weighted by molar-refractivity contribution is -0.122. The van der Waals surface area contributed by atoms with Crippen molar-refractivity contribution in [3.8, 4) is 23.8 Å². The van der Waals surface area contributed by atoms with E-state index in [-0.39, 0.29) is 17.3 Å². The lowest BCUT2D eigenvalue weighted by Crippen LogP contribution is -2.54. The number of nitrogens with one attached hydrogen (secondary N) is 1. The first-order valence-electron chi connectivity index (χ1n) is 8.77. The predicted molar refractivity (Wildman–Crippen MR) is 122 cm³/mol. The SMILES string of the molecule is C#CCOc1c(/C=C2\C(=O)NC(=S)N(c3ccc(C)cc3)C2=O)cc(Br)cc1OC. The number of carbonyl (C=O) groups excluding carboxylic acids is 2. The molecule has 0 spiro atoms. The Balaban J connectivity index is 2.09. The summed E-state index contributed by atoms with van der Waals surface area (Å²) in [4.78, 5) is 27.1. The Labute approximate surface area is 188 Å². The third-order valence-corrected chi connectivity index (χ3v) is 5.00. The van der Waals surface area contributed by atoms with Crippen LogP contribution in [0.3, 0.4) is 0 Å². The van der Waals surface area contributed by atoms with Crippen LogP contribution in [-0.4, -0.2) is 30.6 Å². The zero-order valence-corrected chi connectivity index (χ0v) is 18.6. The van der Waals surface area contributed by atoms with Gasteiger partial charge in [0.1, 0.15) is 12.2 Å². The summed E-state index contributed by atoms with van der Waals surface area (Å²) in [6, 6.07) is 10.6. The summed E-state index contributed by atoms with van der Waals surface area (Å²) in [5.74, 6) is 1.96. The molecule has 0 aliphatic carbocycles. The molecule has 1 fully saturated rings. The Bertz CT molecular complexity index is 1100. The number of hydrogen-bond donors (Lipinski definition) is 1. The predicted octanol–water partition coefficient (Wildman–Crippen LogP) is 3.61. The summed E-state index contributed by atoms with van der Waals surface area (Å²) in [6.07, 6.45) is 6.74. The van der Waals surface area contributed by atoms with Gasteiger partial charge in [-0.3, -0.25) is 19.8 Å². The standard InChI is InChI=1S/C22H17BrN2O4S/c1-4-9-29-19-14(10-15(23)12-18(19)28-3)11-17-20(26)24-22(30)25(21(17)27)16-7-5-13(2)6-8-16/h1,5-8,10-12H,9H2,2-3H3,(H,24,26,30)/b17-11+. The second-order valence-corrected chi connectivity index (χ2v) is 7.61. The van der Waals surface area contributed by atoms with Crippen molar-refractivity contribution < 1.29 is 19.1 Å². The van der Waals surface area contributed by atoms with Crippen LogP contribution in [0.2, 0.25) is 0 Å². The Morgan fingerprint density at radius 3 is 2.60 bits per heavy atom. The van der Waals surface area contributed by atoms with Crippen LogP contribution in [0.1, 0.15) is 11.1 Å². The molecule has 2 aromatic rings. The smallest absolute Gasteiger partial charge is 0.270 e. The van der Waals surface area contributed by atoms with Gasteiger partial charge in [0.15, 0.2) is 16.6 Å². The second kappa shape index (κ2) is 9.11. The van der Waals surface area contributed by atoms with Gasteiger partial charge in [-0.1, -0.05) is 39.5 Å². The molecule has 0 bridgehead atoms. The van der Waals surface area contributed by atoms with Gasteiger partial charge in [0.25, 0.3) is 11.8 Å². The summed E-state index contributed by atoms with van der Waals surface area (Å²) in [5, 5.41) is 2.58. The Morgan fingerprint density at radius 1 is 1.27 bits per heavy atom. The normalized spacial score (nSPS) is 15.1. The number of rotatable bonds is 5. The number of hydrogen-bond acceptors (Lipinski definition) is 5. The zero-order valence-electron chi connectivity index (χ0n) is 16.2. The Morgan fingerprint density at radius 2 is 1.97 bits per heavy atom. The van der Waals surface area contributed by atoms with E-state index in [2.05, 4.69) is 27.2 Å². The Kier molecular flexibility index (Phi) is 6.55. The lowest BCUT2D eigenvalue weighted by atomic mass is 10.1. The number of methoxy groups -OCH3 is 1. The van der Waals surface area contributed by atoms with Crippen molar-refractivity contribution in [2.75, 3.05) is 18.6 Å². The first kappa shape index (κ1) is 21.6. The van der Waals surface area contributed by atoms with Crippen molar-refractivity contribution in [2.45, 2.75) is 6.92 Å². The van der Waals surface area contributed by atoms with Crippen molar-refractivity contribution in [2.24, 2.45) is 0 Å². The van der Waals surface area contributed by atoms with E-state index in [0.717, 1.165) is 5.56 Å². The van der Waals surface area contributed by atoms with E-state index in [4.69, 9.17) is 28.1 Å². The fraction of sp³-hybridized carbons (Fsp3) is 0.136. The van der Waals surface area contributed by atoms with Gasteiger partial charge in [0.05, 0.1) is 12.8 Å². The third-order valence-electron chi connectivity index (χ3n) is 4.26. The van der Waals surface area contributed by atoms with Crippen LogP contribution in [-0.2, 0) is 9.59 Å². The van der Waals surface area contributed by atoms with E-state index in [1.165, 1.54) is 18.1 Å². The highest BCUT2D eigenvalue weighted by molar-refractivity contribution is 9.10. The average molecular weight is 485 g/mol. The van der Waals surface area contributed by atoms with Crippen LogP contribution >= 0.6 is 28.1 Å². The van der Waals surface area contributed by atoms with Crippen LogP contribution in [0.15, 0.2) is 46.4 Å². The van der Waals surface area contributed by atoms with E-state index < -0.39 is 11.8 Å². The number of amides is 2. The van der Waals surface area contributed by atoms with Crippen LogP contribution in [0.5, 0.6) is 11.5 Å². The number of ether oxygens (including phenoxy) is 2. The lowest BCUT2D eigenvalue weighted by Gasteiger charge is -2.29. The quantitative estimate of drug-likeness (QED) is 0.304.